The van der Waals surface area contributed by atoms with E-state index in [1.54, 1.807) is 6.21 Å². The van der Waals surface area contributed by atoms with Gasteiger partial charge < -0.3 is 15.9 Å². The molecule has 0 saturated carbocycles. The predicted molar refractivity (Wildman–Crippen MR) is 49.1 cm³/mol. The van der Waals surface area contributed by atoms with Crippen molar-refractivity contribution in [2.75, 3.05) is 19.8 Å². The van der Waals surface area contributed by atoms with E-state index in [-0.39, 0.29) is 6.54 Å². The molecule has 1 fully saturated rings. The molecule has 1 saturated heterocycles. The van der Waals surface area contributed by atoms with Gasteiger partial charge in [0.2, 0.25) is 0 Å². The third kappa shape index (κ3) is 3.11. The van der Waals surface area contributed by atoms with Crippen LogP contribution in [0.2, 0.25) is 0 Å². The molecule has 1 aliphatic heterocycles. The molecule has 0 radical (unpaired) electrons. The lowest BCUT2D eigenvalue weighted by atomic mass is 10.1. The quantitative estimate of drug-likeness (QED) is 0.593. The highest BCUT2D eigenvalue weighted by atomic mass is 16.5. The fourth-order valence-corrected chi connectivity index (χ4v) is 1.08. The molecule has 0 atom stereocenters. The summed E-state index contributed by atoms with van der Waals surface area (Å²) in [5, 5.41) is 7.25. The second-order valence-corrected chi connectivity index (χ2v) is 2.85. The van der Waals surface area contributed by atoms with Crippen molar-refractivity contribution in [3.63, 3.8) is 0 Å². The lowest BCUT2D eigenvalue weighted by Gasteiger charge is -2.17. The lowest BCUT2D eigenvalue weighted by molar-refractivity contribution is 0.0872. The highest BCUT2D eigenvalue weighted by Crippen LogP contribution is 2.09. The summed E-state index contributed by atoms with van der Waals surface area (Å²) in [6, 6.07) is 0.339. The summed E-state index contributed by atoms with van der Waals surface area (Å²) in [7, 11) is 0. The fourth-order valence-electron chi connectivity index (χ4n) is 1.08. The zero-order valence-corrected chi connectivity index (χ0v) is 7.12. The van der Waals surface area contributed by atoms with Crippen LogP contribution >= 0.6 is 0 Å². The Labute approximate surface area is 72.3 Å². The van der Waals surface area contributed by atoms with E-state index in [9.17, 15) is 0 Å². The smallest absolute Gasteiger partial charge is 0.0627 e. The minimum absolute atomic E-state index is 0.271. The van der Waals surface area contributed by atoms with Crippen molar-refractivity contribution >= 4 is 11.9 Å². The highest BCUT2D eigenvalue weighted by Gasteiger charge is 2.10. The maximum absolute atomic E-state index is 7.25. The van der Waals surface area contributed by atoms with Gasteiger partial charge in [-0.2, -0.15) is 0 Å². The molecule has 0 aliphatic carbocycles. The molecule has 0 aromatic rings. The van der Waals surface area contributed by atoms with Crippen LogP contribution in [0, 0.1) is 5.41 Å². The molecule has 0 spiro atoms. The van der Waals surface area contributed by atoms with Crippen molar-refractivity contribution in [2.45, 2.75) is 18.9 Å². The van der Waals surface area contributed by atoms with Gasteiger partial charge in [0.1, 0.15) is 0 Å². The Kier molecular flexibility index (Phi) is 3.90. The molecule has 68 valence electrons. The van der Waals surface area contributed by atoms with Gasteiger partial charge >= 0.3 is 0 Å². The Hall–Kier alpha value is -0.740. The zero-order valence-electron chi connectivity index (χ0n) is 7.12. The molecule has 4 nitrogen and oxygen atoms in total. The van der Waals surface area contributed by atoms with E-state index < -0.39 is 0 Å². The molecule has 1 rings (SSSR count). The van der Waals surface area contributed by atoms with Gasteiger partial charge in [-0.3, -0.25) is 4.99 Å². The van der Waals surface area contributed by atoms with Crippen molar-refractivity contribution in [1.29, 1.82) is 5.41 Å². The number of ether oxygens (including phenoxy) is 1. The first-order chi connectivity index (χ1) is 5.83. The van der Waals surface area contributed by atoms with Gasteiger partial charge in [0.25, 0.3) is 0 Å². The number of hydrogen-bond acceptors (Lipinski definition) is 4. The molecule has 3 N–H and O–H groups in total. The first-order valence-corrected chi connectivity index (χ1v) is 4.21. The molecule has 4 heteroatoms. The molecule has 0 aromatic carbocycles. The standard InChI is InChI=1S/C8H15N3O/c9-5-7(10)6-11-8-1-3-12-4-2-8/h6,8,10H,1-5,9H2. The summed E-state index contributed by atoms with van der Waals surface area (Å²) in [6.07, 6.45) is 3.50. The Morgan fingerprint density at radius 3 is 2.83 bits per heavy atom. The molecule has 0 aromatic heterocycles. The van der Waals surface area contributed by atoms with Gasteiger partial charge in [0.05, 0.1) is 11.8 Å². The van der Waals surface area contributed by atoms with Gasteiger partial charge in [-0.05, 0) is 12.8 Å². The number of aliphatic imine (C=N–C) groups is 1. The average Bonchev–Trinajstić information content (AvgIpc) is 2.16. The molecule has 0 unspecified atom stereocenters. The van der Waals surface area contributed by atoms with Crippen LogP contribution in [-0.4, -0.2) is 37.7 Å². The average molecular weight is 169 g/mol. The van der Waals surface area contributed by atoms with Crippen LogP contribution in [0.3, 0.4) is 0 Å². The van der Waals surface area contributed by atoms with Gasteiger partial charge in [-0.15, -0.1) is 0 Å². The van der Waals surface area contributed by atoms with Crippen molar-refractivity contribution in [3.05, 3.63) is 0 Å². The molecule has 12 heavy (non-hydrogen) atoms. The lowest BCUT2D eigenvalue weighted by Crippen LogP contribution is -2.20. The molecule has 0 bridgehead atoms. The molecular formula is C8H15N3O. The van der Waals surface area contributed by atoms with E-state index in [2.05, 4.69) is 4.99 Å². The van der Waals surface area contributed by atoms with E-state index in [1.165, 1.54) is 0 Å². The Morgan fingerprint density at radius 2 is 2.25 bits per heavy atom. The van der Waals surface area contributed by atoms with Crippen LogP contribution in [0.15, 0.2) is 4.99 Å². The minimum atomic E-state index is 0.271. The van der Waals surface area contributed by atoms with E-state index in [0.29, 0.717) is 11.8 Å². The van der Waals surface area contributed by atoms with E-state index in [1.807, 2.05) is 0 Å². The van der Waals surface area contributed by atoms with Crippen molar-refractivity contribution in [3.8, 4) is 0 Å². The Balaban J connectivity index is 2.28. The summed E-state index contributed by atoms with van der Waals surface area (Å²) in [5.74, 6) is 0. The van der Waals surface area contributed by atoms with Crippen LogP contribution < -0.4 is 5.73 Å². The van der Waals surface area contributed by atoms with Crippen LogP contribution in [0.4, 0.5) is 0 Å². The van der Waals surface area contributed by atoms with Crippen LogP contribution in [-0.2, 0) is 4.74 Å². The molecule has 1 heterocycles. The third-order valence-corrected chi connectivity index (χ3v) is 1.85. The summed E-state index contributed by atoms with van der Waals surface area (Å²) in [6.45, 7) is 1.85. The second kappa shape index (κ2) is 5.00. The topological polar surface area (TPSA) is 71.5 Å². The first kappa shape index (κ1) is 9.35. The summed E-state index contributed by atoms with van der Waals surface area (Å²) < 4.78 is 5.18. The summed E-state index contributed by atoms with van der Waals surface area (Å²) in [5.41, 5.74) is 5.64. The highest BCUT2D eigenvalue weighted by molar-refractivity contribution is 6.30. The minimum Gasteiger partial charge on any atom is -0.381 e. The Bertz CT molecular complexity index is 173. The van der Waals surface area contributed by atoms with Gasteiger partial charge in [0.15, 0.2) is 0 Å². The summed E-state index contributed by atoms with van der Waals surface area (Å²) >= 11 is 0. The van der Waals surface area contributed by atoms with Crippen molar-refractivity contribution < 1.29 is 4.74 Å². The summed E-state index contributed by atoms with van der Waals surface area (Å²) in [4.78, 5) is 4.24. The second-order valence-electron chi connectivity index (χ2n) is 2.85. The SMILES string of the molecule is N=C(C=NC1CCOCC1)CN. The number of nitrogens with two attached hydrogens (primary N) is 1. The fraction of sp³-hybridized carbons (Fsp3) is 0.750. The number of nitrogens with zero attached hydrogens (tertiary/aromatic N) is 1. The van der Waals surface area contributed by atoms with Crippen LogP contribution in [0.25, 0.3) is 0 Å². The van der Waals surface area contributed by atoms with Crippen molar-refractivity contribution in [1.82, 2.24) is 0 Å². The van der Waals surface area contributed by atoms with E-state index in [0.717, 1.165) is 26.1 Å². The largest absolute Gasteiger partial charge is 0.381 e. The maximum atomic E-state index is 7.25. The van der Waals surface area contributed by atoms with Crippen LogP contribution in [0.5, 0.6) is 0 Å². The molecule has 1 aliphatic rings. The first-order valence-electron chi connectivity index (χ1n) is 4.21. The zero-order chi connectivity index (χ0) is 8.81. The van der Waals surface area contributed by atoms with Gasteiger partial charge in [-0.25, -0.2) is 0 Å². The van der Waals surface area contributed by atoms with Gasteiger partial charge in [-0.1, -0.05) is 0 Å². The maximum Gasteiger partial charge on any atom is 0.0627 e. The van der Waals surface area contributed by atoms with Crippen molar-refractivity contribution in [2.24, 2.45) is 10.7 Å². The normalized spacial score (nSPS) is 20.1. The number of nitrogens with one attached hydrogen (secondary N) is 1. The van der Waals surface area contributed by atoms with E-state index >= 15 is 0 Å². The Morgan fingerprint density at radius 1 is 1.58 bits per heavy atom. The molecular weight excluding hydrogens is 154 g/mol. The van der Waals surface area contributed by atoms with Gasteiger partial charge in [0, 0.05) is 26.0 Å². The number of hydrogen-bond donors (Lipinski definition) is 2. The van der Waals surface area contributed by atoms with E-state index in [4.69, 9.17) is 15.9 Å². The van der Waals surface area contributed by atoms with Crippen LogP contribution in [0.1, 0.15) is 12.8 Å². The monoisotopic (exact) mass is 169 g/mol. The third-order valence-electron chi connectivity index (χ3n) is 1.85. The predicted octanol–water partition coefficient (Wildman–Crippen LogP) is 0.215. The molecule has 0 amide bonds. The number of rotatable bonds is 3.